The minimum atomic E-state index is -5.08. The number of rotatable bonds is 1. The lowest BCUT2D eigenvalue weighted by Crippen LogP contribution is -2.36. The Bertz CT molecular complexity index is 816. The molecule has 2 nitrogen and oxygen atoms in total. The SMILES string of the molecule is OC1c2c(C(F)(F)F)cc(-c3cc(F)c(F)c(F)c3)n2CCC1(F)F. The first-order valence-corrected chi connectivity index (χ1v) is 6.95. The van der Waals surface area contributed by atoms with Gasteiger partial charge in [-0.25, -0.2) is 22.0 Å². The molecule has 0 radical (unpaired) electrons. The van der Waals surface area contributed by atoms with Gasteiger partial charge in [0.15, 0.2) is 23.6 Å². The molecule has 1 atom stereocenters. The number of aliphatic hydroxyl groups excluding tert-OH is 1. The molecule has 1 aromatic carbocycles. The van der Waals surface area contributed by atoms with Crippen molar-refractivity contribution in [3.05, 3.63) is 46.9 Å². The maximum atomic E-state index is 13.6. The van der Waals surface area contributed by atoms with E-state index in [-0.39, 0.29) is 0 Å². The summed E-state index contributed by atoms with van der Waals surface area (Å²) in [6.45, 7) is -0.620. The molecule has 10 heteroatoms. The molecule has 136 valence electrons. The molecule has 1 unspecified atom stereocenters. The van der Waals surface area contributed by atoms with Crippen LogP contribution in [0.3, 0.4) is 0 Å². The number of aromatic nitrogens is 1. The fourth-order valence-electron chi connectivity index (χ4n) is 2.87. The van der Waals surface area contributed by atoms with Crippen LogP contribution in [0.25, 0.3) is 11.3 Å². The molecule has 1 N–H and O–H groups in total. The van der Waals surface area contributed by atoms with Gasteiger partial charge in [-0.2, -0.15) is 13.2 Å². The second kappa shape index (κ2) is 5.45. The van der Waals surface area contributed by atoms with E-state index in [1.807, 2.05) is 0 Å². The Kier molecular flexibility index (Phi) is 3.86. The zero-order chi connectivity index (χ0) is 18.7. The Balaban J connectivity index is 2.28. The molecular weight excluding hydrogens is 362 g/mol. The third-order valence-electron chi connectivity index (χ3n) is 4.05. The molecular formula is C15H9F8NO. The molecule has 2 heterocycles. The van der Waals surface area contributed by atoms with Gasteiger partial charge >= 0.3 is 6.18 Å². The first kappa shape index (κ1) is 17.7. The van der Waals surface area contributed by atoms with Crippen molar-refractivity contribution in [3.63, 3.8) is 0 Å². The highest BCUT2D eigenvalue weighted by molar-refractivity contribution is 5.64. The first-order chi connectivity index (χ1) is 11.4. The fraction of sp³-hybridized carbons (Fsp3) is 0.333. The summed E-state index contributed by atoms with van der Waals surface area (Å²) in [5.74, 6) is -8.87. The summed E-state index contributed by atoms with van der Waals surface area (Å²) in [4.78, 5) is 0. The van der Waals surface area contributed by atoms with Gasteiger partial charge in [-0.1, -0.05) is 0 Å². The zero-order valence-corrected chi connectivity index (χ0v) is 12.1. The Hall–Kier alpha value is -2.10. The van der Waals surface area contributed by atoms with Crippen molar-refractivity contribution in [2.45, 2.75) is 31.2 Å². The van der Waals surface area contributed by atoms with Gasteiger partial charge in [0.25, 0.3) is 5.92 Å². The van der Waals surface area contributed by atoms with E-state index in [0.29, 0.717) is 18.2 Å². The van der Waals surface area contributed by atoms with Gasteiger partial charge in [-0.15, -0.1) is 0 Å². The molecule has 1 aromatic heterocycles. The van der Waals surface area contributed by atoms with Crippen LogP contribution in [0.2, 0.25) is 0 Å². The highest BCUT2D eigenvalue weighted by Crippen LogP contribution is 2.47. The monoisotopic (exact) mass is 371 g/mol. The molecule has 1 aliphatic rings. The molecule has 0 amide bonds. The van der Waals surface area contributed by atoms with E-state index < -0.39 is 71.1 Å². The molecule has 0 fully saturated rings. The van der Waals surface area contributed by atoms with Crippen LogP contribution < -0.4 is 0 Å². The molecule has 0 saturated carbocycles. The van der Waals surface area contributed by atoms with Crippen molar-refractivity contribution in [3.8, 4) is 11.3 Å². The van der Waals surface area contributed by atoms with Crippen LogP contribution in [0.4, 0.5) is 35.1 Å². The highest BCUT2D eigenvalue weighted by Gasteiger charge is 2.50. The molecule has 1 aliphatic heterocycles. The first-order valence-electron chi connectivity index (χ1n) is 6.95. The van der Waals surface area contributed by atoms with E-state index >= 15 is 0 Å². The van der Waals surface area contributed by atoms with E-state index in [4.69, 9.17) is 0 Å². The Morgan fingerprint density at radius 2 is 1.60 bits per heavy atom. The van der Waals surface area contributed by atoms with Gasteiger partial charge < -0.3 is 9.67 Å². The average Bonchev–Trinajstić information content (AvgIpc) is 2.88. The van der Waals surface area contributed by atoms with Gasteiger partial charge in [0.2, 0.25) is 0 Å². The number of hydrogen-bond donors (Lipinski definition) is 1. The molecule has 0 bridgehead atoms. The molecule has 0 aliphatic carbocycles. The van der Waals surface area contributed by atoms with Crippen molar-refractivity contribution in [1.82, 2.24) is 4.57 Å². The number of halogens is 8. The fourth-order valence-corrected chi connectivity index (χ4v) is 2.87. The highest BCUT2D eigenvalue weighted by atomic mass is 19.4. The van der Waals surface area contributed by atoms with E-state index in [0.717, 1.165) is 4.57 Å². The maximum absolute atomic E-state index is 13.6. The Labute approximate surface area is 135 Å². The van der Waals surface area contributed by atoms with Gasteiger partial charge in [0, 0.05) is 24.2 Å². The zero-order valence-electron chi connectivity index (χ0n) is 12.1. The predicted molar refractivity (Wildman–Crippen MR) is 69.3 cm³/mol. The predicted octanol–water partition coefficient (Wildman–Crippen LogP) is 4.66. The standard InChI is InChI=1S/C15H9F8NO/c16-8-3-6(4-9(17)11(8)18)10-5-7(15(21,22)23)12-13(25)14(19,20)1-2-24(10)12/h3-5,13,25H,1-2H2. The molecule has 25 heavy (non-hydrogen) atoms. The van der Waals surface area contributed by atoms with E-state index in [9.17, 15) is 40.2 Å². The summed E-state index contributed by atoms with van der Waals surface area (Å²) in [5.41, 5.74) is -3.55. The van der Waals surface area contributed by atoms with Crippen LogP contribution in [-0.4, -0.2) is 15.6 Å². The van der Waals surface area contributed by atoms with Crippen LogP contribution in [0.1, 0.15) is 23.8 Å². The second-order valence-corrected chi connectivity index (χ2v) is 5.65. The number of fused-ring (bicyclic) bond motifs is 1. The Morgan fingerprint density at radius 3 is 2.12 bits per heavy atom. The maximum Gasteiger partial charge on any atom is 0.418 e. The molecule has 0 saturated heterocycles. The summed E-state index contributed by atoms with van der Waals surface area (Å²) in [5, 5.41) is 9.67. The third kappa shape index (κ3) is 2.78. The van der Waals surface area contributed by atoms with Crippen LogP contribution in [0.15, 0.2) is 18.2 Å². The quantitative estimate of drug-likeness (QED) is 0.572. The van der Waals surface area contributed by atoms with Crippen molar-refractivity contribution >= 4 is 0 Å². The summed E-state index contributed by atoms with van der Waals surface area (Å²) in [6.07, 6.45) is -8.78. The number of nitrogens with zero attached hydrogens (tertiary/aromatic N) is 1. The smallest absolute Gasteiger partial charge is 0.381 e. The van der Waals surface area contributed by atoms with Crippen molar-refractivity contribution in [2.75, 3.05) is 0 Å². The summed E-state index contributed by atoms with van der Waals surface area (Å²) in [6, 6.07) is 1.33. The van der Waals surface area contributed by atoms with Gasteiger partial charge in [0.1, 0.15) is 0 Å². The number of hydrogen-bond acceptors (Lipinski definition) is 1. The summed E-state index contributed by atoms with van der Waals surface area (Å²) >= 11 is 0. The number of benzene rings is 1. The average molecular weight is 371 g/mol. The van der Waals surface area contributed by atoms with Crippen LogP contribution in [0, 0.1) is 17.5 Å². The van der Waals surface area contributed by atoms with Crippen molar-refractivity contribution in [1.29, 1.82) is 0 Å². The largest absolute Gasteiger partial charge is 0.418 e. The van der Waals surface area contributed by atoms with Crippen LogP contribution in [0.5, 0.6) is 0 Å². The lowest BCUT2D eigenvalue weighted by Gasteiger charge is -2.31. The molecule has 2 aromatic rings. The molecule has 3 rings (SSSR count). The van der Waals surface area contributed by atoms with Crippen molar-refractivity contribution in [2.24, 2.45) is 0 Å². The van der Waals surface area contributed by atoms with E-state index in [1.165, 1.54) is 0 Å². The summed E-state index contributed by atoms with van der Waals surface area (Å²) < 4.78 is 107. The van der Waals surface area contributed by atoms with Gasteiger partial charge in [0.05, 0.1) is 11.3 Å². The minimum Gasteiger partial charge on any atom is -0.381 e. The number of alkyl halides is 5. The summed E-state index contributed by atoms with van der Waals surface area (Å²) in [7, 11) is 0. The van der Waals surface area contributed by atoms with Crippen molar-refractivity contribution < 1.29 is 40.2 Å². The third-order valence-corrected chi connectivity index (χ3v) is 4.05. The normalized spacial score (nSPS) is 19.8. The van der Waals surface area contributed by atoms with Gasteiger partial charge in [-0.3, -0.25) is 0 Å². The number of aliphatic hydroxyl groups is 1. The second-order valence-electron chi connectivity index (χ2n) is 5.65. The Morgan fingerprint density at radius 1 is 1.04 bits per heavy atom. The topological polar surface area (TPSA) is 25.2 Å². The van der Waals surface area contributed by atoms with Crippen LogP contribution >= 0.6 is 0 Å². The lowest BCUT2D eigenvalue weighted by molar-refractivity contribution is -0.152. The lowest BCUT2D eigenvalue weighted by atomic mass is 9.99. The molecule has 0 spiro atoms. The van der Waals surface area contributed by atoms with Crippen LogP contribution in [-0.2, 0) is 12.7 Å². The van der Waals surface area contributed by atoms with E-state index in [1.54, 1.807) is 0 Å². The van der Waals surface area contributed by atoms with Gasteiger partial charge in [-0.05, 0) is 18.2 Å². The minimum absolute atomic E-state index is 0.409. The van der Waals surface area contributed by atoms with E-state index in [2.05, 4.69) is 0 Å².